The standard InChI is InChI=1S/C22H19NO2/c1-3-17-16-18(24-20(17)4-2)12-8-6-5-7-9-15-22-23-19-13-10-11-14-21(19)25-22/h3-16,23H,1-2H2/b6-5+,9-7+,12-8+,22-15-. The molecule has 0 spiro atoms. The number of ether oxygens (including phenoxy) is 1. The second-order valence-corrected chi connectivity index (χ2v) is 5.26. The number of hydrogen-bond acceptors (Lipinski definition) is 3. The molecule has 1 aliphatic heterocycles. The van der Waals surface area contributed by atoms with Gasteiger partial charge in [-0.3, -0.25) is 0 Å². The number of allylic oxidation sites excluding steroid dienone is 6. The molecule has 0 atom stereocenters. The van der Waals surface area contributed by atoms with Gasteiger partial charge in [0.2, 0.25) is 0 Å². The molecule has 0 saturated carbocycles. The van der Waals surface area contributed by atoms with Gasteiger partial charge in [-0.2, -0.15) is 0 Å². The molecule has 1 aliphatic rings. The quantitative estimate of drug-likeness (QED) is 0.656. The summed E-state index contributed by atoms with van der Waals surface area (Å²) in [5.41, 5.74) is 1.92. The van der Waals surface area contributed by atoms with Crippen molar-refractivity contribution in [3.63, 3.8) is 0 Å². The summed E-state index contributed by atoms with van der Waals surface area (Å²) >= 11 is 0. The van der Waals surface area contributed by atoms with Crippen LogP contribution in [0.4, 0.5) is 5.69 Å². The van der Waals surface area contributed by atoms with Crippen molar-refractivity contribution in [3.05, 3.63) is 103 Å². The summed E-state index contributed by atoms with van der Waals surface area (Å²) < 4.78 is 11.3. The van der Waals surface area contributed by atoms with E-state index in [2.05, 4.69) is 18.5 Å². The van der Waals surface area contributed by atoms with Crippen molar-refractivity contribution < 1.29 is 9.15 Å². The number of furan rings is 1. The van der Waals surface area contributed by atoms with Gasteiger partial charge in [0.05, 0.1) is 5.69 Å². The van der Waals surface area contributed by atoms with Gasteiger partial charge < -0.3 is 14.5 Å². The number of hydrogen-bond donors (Lipinski definition) is 1. The van der Waals surface area contributed by atoms with Crippen LogP contribution in [-0.2, 0) is 0 Å². The lowest BCUT2D eigenvalue weighted by Gasteiger charge is -1.94. The fraction of sp³-hybridized carbons (Fsp3) is 0. The molecule has 0 fully saturated rings. The Labute approximate surface area is 147 Å². The Morgan fingerprint density at radius 1 is 0.920 bits per heavy atom. The monoisotopic (exact) mass is 329 g/mol. The Balaban J connectivity index is 1.53. The van der Waals surface area contributed by atoms with Crippen LogP contribution in [0.15, 0.2) is 90.2 Å². The van der Waals surface area contributed by atoms with Crippen molar-refractivity contribution in [2.75, 3.05) is 5.32 Å². The third-order valence-corrected chi connectivity index (χ3v) is 3.53. The number of anilines is 1. The van der Waals surface area contributed by atoms with Gasteiger partial charge in [0, 0.05) is 5.56 Å². The molecule has 0 radical (unpaired) electrons. The zero-order valence-electron chi connectivity index (χ0n) is 13.8. The SMILES string of the molecule is C=Cc1cc(/C=C/C=C/C=C/C=C2/Nc3ccccc3O2)oc1C=C. The third-order valence-electron chi connectivity index (χ3n) is 3.53. The Morgan fingerprint density at radius 3 is 2.48 bits per heavy atom. The molecule has 3 rings (SSSR count). The maximum Gasteiger partial charge on any atom is 0.198 e. The lowest BCUT2D eigenvalue weighted by Crippen LogP contribution is -1.94. The molecule has 3 nitrogen and oxygen atoms in total. The van der Waals surface area contributed by atoms with Gasteiger partial charge in [0.25, 0.3) is 0 Å². The molecule has 1 aromatic carbocycles. The molecular weight excluding hydrogens is 310 g/mol. The lowest BCUT2D eigenvalue weighted by atomic mass is 10.2. The summed E-state index contributed by atoms with van der Waals surface area (Å²) in [5.74, 6) is 3.06. The van der Waals surface area contributed by atoms with E-state index in [0.717, 1.165) is 28.5 Å². The topological polar surface area (TPSA) is 34.4 Å². The van der Waals surface area contributed by atoms with E-state index in [4.69, 9.17) is 9.15 Å². The van der Waals surface area contributed by atoms with Gasteiger partial charge in [0.1, 0.15) is 11.5 Å². The summed E-state index contributed by atoms with van der Waals surface area (Å²) in [7, 11) is 0. The Morgan fingerprint density at radius 2 is 1.72 bits per heavy atom. The highest BCUT2D eigenvalue weighted by atomic mass is 16.5. The van der Waals surface area contributed by atoms with Crippen molar-refractivity contribution in [1.29, 1.82) is 0 Å². The smallest absolute Gasteiger partial charge is 0.198 e. The van der Waals surface area contributed by atoms with Crippen LogP contribution in [0.3, 0.4) is 0 Å². The summed E-state index contributed by atoms with van der Waals surface area (Å²) in [5, 5.41) is 3.20. The number of benzene rings is 1. The van der Waals surface area contributed by atoms with Crippen LogP contribution in [0.25, 0.3) is 18.2 Å². The maximum absolute atomic E-state index is 5.66. The van der Waals surface area contributed by atoms with E-state index in [9.17, 15) is 0 Å². The van der Waals surface area contributed by atoms with Crippen LogP contribution in [0, 0.1) is 0 Å². The molecule has 0 unspecified atom stereocenters. The molecule has 25 heavy (non-hydrogen) atoms. The minimum Gasteiger partial charge on any atom is -0.457 e. The van der Waals surface area contributed by atoms with Gasteiger partial charge in [-0.05, 0) is 36.4 Å². The van der Waals surface area contributed by atoms with Crippen molar-refractivity contribution in [1.82, 2.24) is 0 Å². The van der Waals surface area contributed by atoms with Crippen molar-refractivity contribution >= 4 is 23.9 Å². The molecule has 2 aromatic rings. The van der Waals surface area contributed by atoms with Crippen LogP contribution in [0.5, 0.6) is 5.75 Å². The predicted molar refractivity (Wildman–Crippen MR) is 105 cm³/mol. The molecular formula is C22H19NO2. The first kappa shape index (κ1) is 16.4. The van der Waals surface area contributed by atoms with Crippen LogP contribution in [0.1, 0.15) is 17.1 Å². The molecule has 1 aromatic heterocycles. The molecule has 0 saturated heterocycles. The summed E-state index contributed by atoms with van der Waals surface area (Å²) in [4.78, 5) is 0. The van der Waals surface area contributed by atoms with E-state index < -0.39 is 0 Å². The van der Waals surface area contributed by atoms with Crippen LogP contribution < -0.4 is 10.1 Å². The van der Waals surface area contributed by atoms with Gasteiger partial charge >= 0.3 is 0 Å². The molecule has 0 aliphatic carbocycles. The fourth-order valence-electron chi connectivity index (χ4n) is 2.34. The normalized spacial score (nSPS) is 15.0. The van der Waals surface area contributed by atoms with E-state index >= 15 is 0 Å². The second kappa shape index (κ2) is 7.88. The molecule has 0 bridgehead atoms. The largest absolute Gasteiger partial charge is 0.457 e. The Kier molecular flexibility index (Phi) is 5.17. The molecule has 124 valence electrons. The highest BCUT2D eigenvalue weighted by Gasteiger charge is 2.13. The van der Waals surface area contributed by atoms with E-state index in [-0.39, 0.29) is 0 Å². The van der Waals surface area contributed by atoms with Crippen LogP contribution in [-0.4, -0.2) is 0 Å². The molecule has 2 heterocycles. The van der Waals surface area contributed by atoms with Crippen LogP contribution >= 0.6 is 0 Å². The molecule has 0 amide bonds. The molecule has 3 heteroatoms. The lowest BCUT2D eigenvalue weighted by molar-refractivity contribution is 0.457. The summed E-state index contributed by atoms with van der Waals surface area (Å²) in [6.07, 6.45) is 16.8. The highest BCUT2D eigenvalue weighted by molar-refractivity contribution is 5.64. The first-order chi connectivity index (χ1) is 12.3. The van der Waals surface area contributed by atoms with E-state index in [1.807, 2.05) is 72.9 Å². The Bertz CT molecular complexity index is 842. The van der Waals surface area contributed by atoms with Gasteiger partial charge in [-0.15, -0.1) is 0 Å². The van der Waals surface area contributed by atoms with Gasteiger partial charge in [-0.1, -0.05) is 61.7 Å². The zero-order chi connectivity index (χ0) is 17.5. The average molecular weight is 329 g/mol. The Hall–Kier alpha value is -3.46. The second-order valence-electron chi connectivity index (χ2n) is 5.26. The van der Waals surface area contributed by atoms with Crippen molar-refractivity contribution in [2.45, 2.75) is 0 Å². The third kappa shape index (κ3) is 4.09. The van der Waals surface area contributed by atoms with E-state index in [1.165, 1.54) is 0 Å². The molecule has 1 N–H and O–H groups in total. The summed E-state index contributed by atoms with van der Waals surface area (Å²) in [6.45, 7) is 7.47. The van der Waals surface area contributed by atoms with Crippen LogP contribution in [0.2, 0.25) is 0 Å². The predicted octanol–water partition coefficient (Wildman–Crippen LogP) is 6.04. The van der Waals surface area contributed by atoms with Gasteiger partial charge in [0.15, 0.2) is 11.6 Å². The average Bonchev–Trinajstić information content (AvgIpc) is 3.23. The minimum absolute atomic E-state index is 0.714. The van der Waals surface area contributed by atoms with E-state index in [1.54, 1.807) is 12.2 Å². The maximum atomic E-state index is 5.66. The number of rotatable bonds is 6. The van der Waals surface area contributed by atoms with Gasteiger partial charge in [-0.25, -0.2) is 0 Å². The minimum atomic E-state index is 0.714. The first-order valence-corrected chi connectivity index (χ1v) is 7.94. The van der Waals surface area contributed by atoms with Crippen molar-refractivity contribution in [3.8, 4) is 5.75 Å². The van der Waals surface area contributed by atoms with Crippen molar-refractivity contribution in [2.24, 2.45) is 0 Å². The first-order valence-electron chi connectivity index (χ1n) is 7.94. The zero-order valence-corrected chi connectivity index (χ0v) is 13.8. The van der Waals surface area contributed by atoms with E-state index in [0.29, 0.717) is 5.88 Å². The highest BCUT2D eigenvalue weighted by Crippen LogP contribution is 2.32. The fourth-order valence-corrected chi connectivity index (χ4v) is 2.34. The number of fused-ring (bicyclic) bond motifs is 1. The number of nitrogens with one attached hydrogen (secondary N) is 1. The summed E-state index contributed by atoms with van der Waals surface area (Å²) in [6, 6.07) is 9.76. The number of para-hydroxylation sites is 2.